The van der Waals surface area contributed by atoms with Gasteiger partial charge in [-0.05, 0) is 92.2 Å². The number of aryl methyl sites for hydroxylation is 1. The van der Waals surface area contributed by atoms with Gasteiger partial charge in [-0.25, -0.2) is 5.84 Å². The molecule has 0 aliphatic heterocycles. The highest BCUT2D eigenvalue weighted by molar-refractivity contribution is 6.30. The smallest absolute Gasteiger partial charge is 0.248 e. The van der Waals surface area contributed by atoms with Crippen molar-refractivity contribution in [3.8, 4) is 5.75 Å². The van der Waals surface area contributed by atoms with E-state index in [1.807, 2.05) is 0 Å². The standard InChI is InChI=1S/C42H55ClN10O8/c1-26(45)24-53(47)25-36(49-37(56)18-11-27-7-14-31(43)15-8-27)42(61)52-35(23-29-9-16-32(55)17-10-29)41(60)51-34(22-28-5-12-30(13-6-28)38(46)57)40(59)50-33(4-2-3-19-44)39(58)48-20-21-54/h5-10,12-17,21,24,33-36,55H,2-4,11,18-20,22-23,25,44-45,47H2,1H3,(H2,46,57)(H,48,58)(H,49,56)(H,50,59)(H,51,60)(H,52,61)/b26-24-/t33-,34+,35-,36+/m0/s1. The zero-order valence-corrected chi connectivity index (χ0v) is 34.7. The van der Waals surface area contributed by atoms with Crippen LogP contribution in [-0.4, -0.2) is 95.6 Å². The van der Waals surface area contributed by atoms with Crippen LogP contribution in [0.2, 0.25) is 5.02 Å². The van der Waals surface area contributed by atoms with Gasteiger partial charge in [0.25, 0.3) is 0 Å². The normalized spacial score (nSPS) is 13.1. The predicted octanol–water partition coefficient (Wildman–Crippen LogP) is -0.0585. The first-order valence-corrected chi connectivity index (χ1v) is 19.9. The Morgan fingerprint density at radius 1 is 0.721 bits per heavy atom. The minimum atomic E-state index is -1.38. The quantitative estimate of drug-likeness (QED) is 0.0232. The molecule has 19 heteroatoms. The number of hydrogen-bond acceptors (Lipinski definition) is 12. The van der Waals surface area contributed by atoms with Crippen molar-refractivity contribution in [2.45, 2.75) is 76.0 Å². The van der Waals surface area contributed by atoms with E-state index in [0.717, 1.165) is 10.6 Å². The largest absolute Gasteiger partial charge is 0.508 e. The van der Waals surface area contributed by atoms with Crippen molar-refractivity contribution in [2.75, 3.05) is 19.6 Å². The van der Waals surface area contributed by atoms with E-state index in [4.69, 9.17) is 34.6 Å². The maximum Gasteiger partial charge on any atom is 0.248 e. The summed E-state index contributed by atoms with van der Waals surface area (Å²) < 4.78 is 0. The third-order valence-electron chi connectivity index (χ3n) is 9.23. The molecular formula is C42H55ClN10O8. The molecule has 18 nitrogen and oxygen atoms in total. The molecule has 61 heavy (non-hydrogen) atoms. The second kappa shape index (κ2) is 25.2. The van der Waals surface area contributed by atoms with Crippen LogP contribution >= 0.6 is 11.6 Å². The number of halogens is 1. The second-order valence-corrected chi connectivity index (χ2v) is 14.8. The fourth-order valence-corrected chi connectivity index (χ4v) is 6.19. The van der Waals surface area contributed by atoms with Crippen LogP contribution < -0.4 is 49.6 Å². The summed E-state index contributed by atoms with van der Waals surface area (Å²) >= 11 is 5.99. The number of aldehydes is 1. The van der Waals surface area contributed by atoms with Gasteiger partial charge >= 0.3 is 0 Å². The first-order chi connectivity index (χ1) is 29.1. The Labute approximate surface area is 359 Å². The van der Waals surface area contributed by atoms with Crippen LogP contribution in [0, 0.1) is 0 Å². The molecule has 0 unspecified atom stereocenters. The number of nitrogens with zero attached hydrogens (tertiary/aromatic N) is 1. The fraction of sp³-hybridized carbons (Fsp3) is 0.357. The summed E-state index contributed by atoms with van der Waals surface area (Å²) in [4.78, 5) is 91.5. The van der Waals surface area contributed by atoms with Gasteiger partial charge in [-0.2, -0.15) is 0 Å². The van der Waals surface area contributed by atoms with Gasteiger partial charge in [0.1, 0.15) is 36.2 Å². The van der Waals surface area contributed by atoms with Crippen LogP contribution in [0.5, 0.6) is 5.75 Å². The lowest BCUT2D eigenvalue weighted by Crippen LogP contribution is -2.60. The van der Waals surface area contributed by atoms with Crippen LogP contribution in [0.25, 0.3) is 0 Å². The molecule has 0 saturated heterocycles. The molecule has 4 atom stereocenters. The molecule has 0 aromatic heterocycles. The molecule has 3 rings (SSSR count). The third-order valence-corrected chi connectivity index (χ3v) is 9.48. The van der Waals surface area contributed by atoms with E-state index >= 15 is 0 Å². The Morgan fingerprint density at radius 3 is 1.77 bits per heavy atom. The summed E-state index contributed by atoms with van der Waals surface area (Å²) in [5.74, 6) is 1.90. The number of benzene rings is 3. The average Bonchev–Trinajstić information content (AvgIpc) is 3.22. The van der Waals surface area contributed by atoms with Gasteiger partial charge in [-0.1, -0.05) is 48.0 Å². The van der Waals surface area contributed by atoms with Gasteiger partial charge in [-0.15, -0.1) is 0 Å². The highest BCUT2D eigenvalue weighted by Crippen LogP contribution is 2.14. The molecule has 3 aromatic rings. The van der Waals surface area contributed by atoms with Crippen molar-refractivity contribution in [2.24, 2.45) is 23.0 Å². The van der Waals surface area contributed by atoms with Crippen molar-refractivity contribution in [3.63, 3.8) is 0 Å². The van der Waals surface area contributed by atoms with Crippen LogP contribution in [0.3, 0.4) is 0 Å². The summed E-state index contributed by atoms with van der Waals surface area (Å²) in [5.41, 5.74) is 19.2. The van der Waals surface area contributed by atoms with E-state index < -0.39 is 59.6 Å². The molecule has 3 aromatic carbocycles. The monoisotopic (exact) mass is 862 g/mol. The molecule has 0 fully saturated rings. The minimum Gasteiger partial charge on any atom is -0.508 e. The van der Waals surface area contributed by atoms with Crippen molar-refractivity contribution in [1.82, 2.24) is 31.6 Å². The fourth-order valence-electron chi connectivity index (χ4n) is 6.07. The molecule has 0 aliphatic carbocycles. The Hall–Kier alpha value is -6.50. The van der Waals surface area contributed by atoms with Crippen LogP contribution in [0.1, 0.15) is 59.7 Å². The third kappa shape index (κ3) is 17.7. The summed E-state index contributed by atoms with van der Waals surface area (Å²) in [5, 5.41) is 24.8. The Kier molecular flexibility index (Phi) is 20.2. The van der Waals surface area contributed by atoms with E-state index in [2.05, 4.69) is 26.6 Å². The van der Waals surface area contributed by atoms with Gasteiger partial charge in [0.2, 0.25) is 35.4 Å². The number of carbonyl (C=O) groups is 7. The van der Waals surface area contributed by atoms with Gasteiger partial charge in [0.15, 0.2) is 0 Å². The van der Waals surface area contributed by atoms with Crippen molar-refractivity contribution >= 4 is 53.3 Å². The number of aromatic hydroxyl groups is 1. The number of unbranched alkanes of at least 4 members (excludes halogenated alkanes) is 1. The van der Waals surface area contributed by atoms with Crippen LogP contribution in [0.15, 0.2) is 84.7 Å². The van der Waals surface area contributed by atoms with Crippen LogP contribution in [-0.2, 0) is 48.0 Å². The molecule has 0 aliphatic rings. The highest BCUT2D eigenvalue weighted by Gasteiger charge is 2.32. The predicted molar refractivity (Wildman–Crippen MR) is 229 cm³/mol. The number of rotatable bonds is 25. The number of allylic oxidation sites excluding steroid dienone is 1. The number of phenols is 1. The number of nitrogens with one attached hydrogen (secondary N) is 5. The topological polar surface area (TPSA) is 307 Å². The molecule has 328 valence electrons. The van der Waals surface area contributed by atoms with E-state index in [9.17, 15) is 38.7 Å². The van der Waals surface area contributed by atoms with Gasteiger partial charge in [0, 0.05) is 41.7 Å². The molecule has 0 saturated carbocycles. The number of phenolic OH excluding ortho intramolecular Hbond substituents is 1. The van der Waals surface area contributed by atoms with Crippen molar-refractivity contribution < 1.29 is 38.7 Å². The van der Waals surface area contributed by atoms with Gasteiger partial charge < -0.3 is 58.7 Å². The first kappa shape index (κ1) is 48.9. The number of primary amides is 1. The molecule has 6 amide bonds. The second-order valence-electron chi connectivity index (χ2n) is 14.3. The molecule has 0 radical (unpaired) electrons. The van der Waals surface area contributed by atoms with Crippen molar-refractivity contribution in [3.05, 3.63) is 112 Å². The number of amides is 6. The van der Waals surface area contributed by atoms with Gasteiger partial charge in [0.05, 0.1) is 13.1 Å². The van der Waals surface area contributed by atoms with E-state index in [1.165, 1.54) is 30.5 Å². The Balaban J connectivity index is 1.96. The summed E-state index contributed by atoms with van der Waals surface area (Å²) in [7, 11) is 0. The van der Waals surface area contributed by atoms with Gasteiger partial charge in [-0.3, -0.25) is 28.8 Å². The number of hydrazine groups is 1. The van der Waals surface area contributed by atoms with Crippen LogP contribution in [0.4, 0.5) is 0 Å². The molecule has 0 spiro atoms. The maximum absolute atomic E-state index is 14.4. The zero-order valence-electron chi connectivity index (χ0n) is 33.9. The molecule has 0 heterocycles. The Bertz CT molecular complexity index is 1980. The van der Waals surface area contributed by atoms with E-state index in [1.54, 1.807) is 55.5 Å². The SMILES string of the molecule is C/C(N)=C/N(N)C[C@@H](NC(=O)CCc1ccc(Cl)cc1)C(=O)N[C@@H](Cc1ccc(O)cc1)C(=O)N[C@H](Cc1ccc(C(N)=O)cc1)C(=O)N[C@@H](CCCCN)C(=O)NCC=O. The lowest BCUT2D eigenvalue weighted by atomic mass is 10.0. The maximum atomic E-state index is 14.4. The number of carbonyl (C=O) groups excluding carboxylic acids is 7. The minimum absolute atomic E-state index is 0.00322. The summed E-state index contributed by atoms with van der Waals surface area (Å²) in [6, 6.07) is 13.7. The lowest BCUT2D eigenvalue weighted by molar-refractivity contribution is -0.134. The first-order valence-electron chi connectivity index (χ1n) is 19.6. The summed E-state index contributed by atoms with van der Waals surface area (Å²) in [6.07, 6.45) is 3.09. The number of hydrogen-bond donors (Lipinski definition) is 10. The lowest BCUT2D eigenvalue weighted by Gasteiger charge is -2.28. The molecular weight excluding hydrogens is 808 g/mol. The number of nitrogens with two attached hydrogens (primary N) is 4. The molecule has 0 bridgehead atoms. The zero-order chi connectivity index (χ0) is 44.9. The summed E-state index contributed by atoms with van der Waals surface area (Å²) in [6.45, 7) is 1.37. The van der Waals surface area contributed by atoms with E-state index in [-0.39, 0.29) is 50.1 Å². The van der Waals surface area contributed by atoms with Crippen molar-refractivity contribution in [1.29, 1.82) is 0 Å². The average molecular weight is 863 g/mol. The highest BCUT2D eigenvalue weighted by atomic mass is 35.5. The molecule has 14 N–H and O–H groups in total. The van der Waals surface area contributed by atoms with E-state index in [0.29, 0.717) is 53.9 Å². The Morgan fingerprint density at radius 2 is 1.25 bits per heavy atom.